The molecule has 9 heteroatoms. The van der Waals surface area contributed by atoms with Crippen LogP contribution in [0.5, 0.6) is 17.2 Å². The van der Waals surface area contributed by atoms with Crippen molar-refractivity contribution >= 4 is 22.9 Å². The third-order valence-corrected chi connectivity index (χ3v) is 5.17. The van der Waals surface area contributed by atoms with Gasteiger partial charge in [-0.05, 0) is 47.6 Å². The summed E-state index contributed by atoms with van der Waals surface area (Å²) >= 11 is 0. The number of ketones is 3. The molecule has 0 amide bonds. The molecule has 0 bridgehead atoms. The molecule has 1 heterocycles. The second kappa shape index (κ2) is 6.99. The number of ether oxygens (including phenoxy) is 1. The first-order valence-corrected chi connectivity index (χ1v) is 9.09. The van der Waals surface area contributed by atoms with E-state index in [9.17, 15) is 34.8 Å². The number of benzene rings is 1. The van der Waals surface area contributed by atoms with Gasteiger partial charge in [-0.2, -0.15) is 0 Å². The number of hydrogen-bond acceptors (Lipinski definition) is 9. The quantitative estimate of drug-likeness (QED) is 0.307. The van der Waals surface area contributed by atoms with Gasteiger partial charge in [0.15, 0.2) is 28.8 Å². The van der Waals surface area contributed by atoms with E-state index in [1.807, 2.05) is 0 Å². The summed E-state index contributed by atoms with van der Waals surface area (Å²) in [5.74, 6) is -2.89. The topological polar surface area (TPSA) is 162 Å². The van der Waals surface area contributed by atoms with E-state index < -0.39 is 34.4 Å². The number of carbonyl (C=O) groups is 3. The molecule has 1 unspecified atom stereocenters. The molecule has 0 saturated heterocycles. The Morgan fingerprint density at radius 1 is 0.871 bits per heavy atom. The molecule has 1 aliphatic heterocycles. The van der Waals surface area contributed by atoms with Gasteiger partial charge < -0.3 is 30.3 Å². The highest BCUT2D eigenvalue weighted by molar-refractivity contribution is 6.16. The average molecular weight is 424 g/mol. The third-order valence-electron chi connectivity index (χ3n) is 5.17. The van der Waals surface area contributed by atoms with Crippen LogP contribution in [0.15, 0.2) is 65.2 Å². The van der Waals surface area contributed by atoms with Crippen molar-refractivity contribution in [3.8, 4) is 17.2 Å². The highest BCUT2D eigenvalue weighted by Gasteiger charge is 2.48. The van der Waals surface area contributed by atoms with Crippen LogP contribution in [0, 0.1) is 0 Å². The van der Waals surface area contributed by atoms with Crippen molar-refractivity contribution in [2.24, 2.45) is 0 Å². The van der Waals surface area contributed by atoms with Gasteiger partial charge in [0.1, 0.15) is 12.2 Å². The predicted octanol–water partition coefficient (Wildman–Crippen LogP) is 1.47. The Labute approximate surface area is 174 Å². The van der Waals surface area contributed by atoms with E-state index in [4.69, 9.17) is 9.84 Å². The van der Waals surface area contributed by atoms with Gasteiger partial charge >= 0.3 is 0 Å². The number of aliphatic hydroxyl groups excluding tert-OH is 2. The molecule has 31 heavy (non-hydrogen) atoms. The summed E-state index contributed by atoms with van der Waals surface area (Å²) in [6.07, 6.45) is 5.86. The van der Waals surface area contributed by atoms with E-state index in [-0.39, 0.29) is 30.3 Å². The van der Waals surface area contributed by atoms with Crippen LogP contribution in [0.2, 0.25) is 0 Å². The first kappa shape index (κ1) is 20.2. The lowest BCUT2D eigenvalue weighted by Crippen LogP contribution is -2.38. The molecular weight excluding hydrogens is 408 g/mol. The first-order valence-electron chi connectivity index (χ1n) is 9.09. The number of phenols is 2. The lowest BCUT2D eigenvalue weighted by atomic mass is 9.87. The molecule has 0 saturated carbocycles. The fraction of sp³-hybridized carbons (Fsp3) is 0.136. The molecule has 0 aromatic heterocycles. The minimum absolute atomic E-state index is 0.0817. The van der Waals surface area contributed by atoms with Crippen LogP contribution in [0.25, 0.3) is 5.57 Å². The number of carbonyl (C=O) groups excluding carboxylic acids is 3. The normalized spacial score (nSPS) is 23.5. The van der Waals surface area contributed by atoms with Crippen LogP contribution in [-0.4, -0.2) is 55.1 Å². The van der Waals surface area contributed by atoms with Crippen LogP contribution in [0.3, 0.4) is 0 Å². The molecule has 4 aliphatic rings. The molecule has 1 aromatic carbocycles. The lowest BCUT2D eigenvalue weighted by molar-refractivity contribution is -0.116. The Morgan fingerprint density at radius 2 is 1.58 bits per heavy atom. The number of allylic oxidation sites excluding steroid dienone is 6. The second-order valence-corrected chi connectivity index (χ2v) is 7.29. The van der Waals surface area contributed by atoms with Crippen molar-refractivity contribution in [2.45, 2.75) is 12.0 Å². The molecule has 5 N–H and O–H groups in total. The molecule has 0 fully saturated rings. The van der Waals surface area contributed by atoms with Crippen LogP contribution in [0.1, 0.15) is 12.0 Å². The van der Waals surface area contributed by atoms with Crippen molar-refractivity contribution in [1.29, 1.82) is 0 Å². The fourth-order valence-corrected chi connectivity index (χ4v) is 3.76. The minimum atomic E-state index is -1.33. The molecule has 9 nitrogen and oxygen atoms in total. The Kier molecular flexibility index (Phi) is 4.55. The molecule has 158 valence electrons. The average Bonchev–Trinajstić information content (AvgIpc) is 3.00. The largest absolute Gasteiger partial charge is 0.504 e. The summed E-state index contributed by atoms with van der Waals surface area (Å²) in [5.41, 5.74) is 0.743. The summed E-state index contributed by atoms with van der Waals surface area (Å²) < 4.78 is 5.42. The third kappa shape index (κ3) is 3.30. The molecule has 0 spiro atoms. The lowest BCUT2D eigenvalue weighted by Gasteiger charge is -2.33. The molecule has 3 aliphatic carbocycles. The Balaban J connectivity index is 0.000000217. The van der Waals surface area contributed by atoms with E-state index >= 15 is 0 Å². The minimum Gasteiger partial charge on any atom is -0.504 e. The van der Waals surface area contributed by atoms with Gasteiger partial charge in [0, 0.05) is 23.6 Å². The van der Waals surface area contributed by atoms with Crippen LogP contribution < -0.4 is 4.74 Å². The van der Waals surface area contributed by atoms with Gasteiger partial charge in [0.25, 0.3) is 0 Å². The Bertz CT molecular complexity index is 1210. The zero-order chi connectivity index (χ0) is 22.5. The maximum Gasteiger partial charge on any atom is 0.220 e. The van der Waals surface area contributed by atoms with Crippen molar-refractivity contribution < 1.29 is 44.7 Å². The van der Waals surface area contributed by atoms with Crippen molar-refractivity contribution in [3.05, 3.63) is 70.7 Å². The first-order chi connectivity index (χ1) is 14.6. The van der Waals surface area contributed by atoms with Gasteiger partial charge in [-0.25, -0.2) is 0 Å². The van der Waals surface area contributed by atoms with E-state index in [1.54, 1.807) is 0 Å². The van der Waals surface area contributed by atoms with E-state index in [1.165, 1.54) is 24.3 Å². The van der Waals surface area contributed by atoms with Crippen molar-refractivity contribution in [2.75, 3.05) is 6.61 Å². The van der Waals surface area contributed by atoms with E-state index in [0.717, 1.165) is 18.2 Å². The summed E-state index contributed by atoms with van der Waals surface area (Å²) in [7, 11) is 0. The van der Waals surface area contributed by atoms with Crippen LogP contribution in [-0.2, 0) is 14.4 Å². The van der Waals surface area contributed by atoms with E-state index in [2.05, 4.69) is 0 Å². The van der Waals surface area contributed by atoms with Gasteiger partial charge in [-0.3, -0.25) is 14.4 Å². The summed E-state index contributed by atoms with van der Waals surface area (Å²) in [6.45, 7) is -0.115. The molecule has 1 atom stereocenters. The molecular formula is C22H16O9. The fourth-order valence-electron chi connectivity index (χ4n) is 3.76. The molecule has 1 aromatic rings. The van der Waals surface area contributed by atoms with Crippen LogP contribution in [0.4, 0.5) is 0 Å². The van der Waals surface area contributed by atoms with Gasteiger partial charge in [-0.1, -0.05) is 0 Å². The van der Waals surface area contributed by atoms with Crippen LogP contribution >= 0.6 is 0 Å². The summed E-state index contributed by atoms with van der Waals surface area (Å²) in [5, 5.41) is 48.6. The number of aromatic hydroxyl groups is 2. The van der Waals surface area contributed by atoms with Gasteiger partial charge in [0.2, 0.25) is 17.3 Å². The zero-order valence-electron chi connectivity index (χ0n) is 15.8. The highest BCUT2D eigenvalue weighted by atomic mass is 16.5. The van der Waals surface area contributed by atoms with Gasteiger partial charge in [-0.15, -0.1) is 0 Å². The van der Waals surface area contributed by atoms with Gasteiger partial charge in [0.05, 0.1) is 0 Å². The number of aliphatic hydroxyl groups is 3. The van der Waals surface area contributed by atoms with E-state index in [0.29, 0.717) is 22.3 Å². The number of hydrogen-bond donors (Lipinski definition) is 5. The Hall–Kier alpha value is -4.11. The Morgan fingerprint density at radius 3 is 2.26 bits per heavy atom. The zero-order valence-corrected chi connectivity index (χ0v) is 15.8. The maximum atomic E-state index is 11.6. The molecule has 0 radical (unpaired) electrons. The number of fused-ring (bicyclic) bond motifs is 4. The smallest absolute Gasteiger partial charge is 0.220 e. The monoisotopic (exact) mass is 424 g/mol. The number of phenolic OH excluding ortho intramolecular Hbond substituents is 2. The second-order valence-electron chi connectivity index (χ2n) is 7.29. The SMILES string of the molecule is O=C1C=C2CC3(O)COc4c(ccc(O)c4O)C3=C2C=C1O.O=C1C=CC(=O)C(O)=C1. The van der Waals surface area contributed by atoms with Crippen molar-refractivity contribution in [1.82, 2.24) is 0 Å². The predicted molar refractivity (Wildman–Crippen MR) is 105 cm³/mol. The summed E-state index contributed by atoms with van der Waals surface area (Å²) in [6, 6.07) is 2.83. The summed E-state index contributed by atoms with van der Waals surface area (Å²) in [4.78, 5) is 32.3. The maximum absolute atomic E-state index is 11.6. The number of rotatable bonds is 0. The van der Waals surface area contributed by atoms with Crippen molar-refractivity contribution in [3.63, 3.8) is 0 Å². The highest BCUT2D eigenvalue weighted by Crippen LogP contribution is 2.55. The standard InChI is InChI=1S/C16H12O6.C6H4O3/c17-10-2-1-8-13-9-4-12(19)11(18)3-7(9)5-16(13,21)6-22-15(8)14(10)20;7-4-1-2-5(8)6(9)3-4/h1-4,17,19-21H,5-6H2;1-3,9H. The molecule has 5 rings (SSSR count).